The predicted octanol–water partition coefficient (Wildman–Crippen LogP) is 8.87. The quantitative estimate of drug-likeness (QED) is 0.107. The number of anilines is 2. The molecule has 0 amide bonds. The molecule has 2 aromatic carbocycles. The highest BCUT2D eigenvalue weighted by Crippen LogP contribution is 2.31. The van der Waals surface area contributed by atoms with E-state index in [4.69, 9.17) is 11.5 Å². The van der Waals surface area contributed by atoms with Gasteiger partial charge >= 0.3 is 0 Å². The standard InChI is InChI=1S/C40H54N4/c41-39-31-21-11-15-25-35(31)43(36-26-16-12-22-32(36)39)29-19-9-7-5-3-1-2-4-6-8-10-20-30-44-37-27-17-13-23-33(37)40(42)34-24-14-18-28-38(34)44/h11,13,15,17,21,23,25,27,41-42H,1-10,12,14,16,18-20,22,24,26,28-30H2/p+2. The Kier molecular flexibility index (Phi) is 10.7. The van der Waals surface area contributed by atoms with Crippen LogP contribution in [0, 0.1) is 0 Å². The van der Waals surface area contributed by atoms with Crippen LogP contribution in [0.2, 0.25) is 0 Å². The number of hydrogen-bond donors (Lipinski definition) is 2. The Balaban J connectivity index is 0.850. The van der Waals surface area contributed by atoms with Crippen LogP contribution >= 0.6 is 0 Å². The number of benzene rings is 2. The maximum atomic E-state index is 6.63. The minimum absolute atomic E-state index is 1.04. The van der Waals surface area contributed by atoms with E-state index in [-0.39, 0.29) is 0 Å². The molecule has 6 rings (SSSR count). The van der Waals surface area contributed by atoms with Crippen molar-refractivity contribution in [2.24, 2.45) is 0 Å². The molecule has 0 fully saturated rings. The summed E-state index contributed by atoms with van der Waals surface area (Å²) in [6, 6.07) is 17.6. The normalized spacial score (nSPS) is 14.6. The number of nitrogens with zero attached hydrogens (tertiary/aromatic N) is 2. The van der Waals surface area contributed by atoms with Crippen LogP contribution in [0.5, 0.6) is 0 Å². The molecular weight excluding hydrogens is 536 g/mol. The fraction of sp³-hybridized carbons (Fsp3) is 0.550. The number of nitrogen functional groups attached to an aromatic ring is 2. The molecule has 0 saturated heterocycles. The van der Waals surface area contributed by atoms with Crippen LogP contribution in [0.4, 0.5) is 11.4 Å². The summed E-state index contributed by atoms with van der Waals surface area (Å²) in [5.74, 6) is 0. The fourth-order valence-corrected chi connectivity index (χ4v) is 8.26. The van der Waals surface area contributed by atoms with Crippen molar-refractivity contribution >= 4 is 33.2 Å². The highest BCUT2D eigenvalue weighted by atomic mass is 15.0. The van der Waals surface area contributed by atoms with Crippen molar-refractivity contribution in [3.63, 3.8) is 0 Å². The SMILES string of the molecule is Nc1c2c([n+](CCCCCCCCCCCCCC[n+]3c4c(c(N)c5ccccc53)CCCC4)c3ccccc13)CCCC2. The topological polar surface area (TPSA) is 59.8 Å². The van der Waals surface area contributed by atoms with E-state index < -0.39 is 0 Å². The first-order valence-electron chi connectivity index (χ1n) is 18.2. The average Bonchev–Trinajstić information content (AvgIpc) is 3.07. The van der Waals surface area contributed by atoms with E-state index in [1.165, 1.54) is 160 Å². The molecule has 44 heavy (non-hydrogen) atoms. The van der Waals surface area contributed by atoms with Gasteiger partial charge in [0.25, 0.3) is 0 Å². The molecule has 2 heterocycles. The summed E-state index contributed by atoms with van der Waals surface area (Å²) in [5, 5.41) is 2.50. The van der Waals surface area contributed by atoms with Gasteiger partial charge in [0.05, 0.1) is 22.1 Å². The Morgan fingerprint density at radius 3 is 1.18 bits per heavy atom. The molecule has 0 bridgehead atoms. The third-order valence-corrected chi connectivity index (χ3v) is 10.7. The van der Waals surface area contributed by atoms with Gasteiger partial charge in [0, 0.05) is 48.9 Å². The summed E-state index contributed by atoms with van der Waals surface area (Å²) in [5.41, 5.74) is 23.9. The fourth-order valence-electron chi connectivity index (χ4n) is 8.26. The monoisotopic (exact) mass is 592 g/mol. The summed E-state index contributed by atoms with van der Waals surface area (Å²) < 4.78 is 5.23. The first kappa shape index (κ1) is 30.9. The zero-order chi connectivity index (χ0) is 30.1. The van der Waals surface area contributed by atoms with E-state index in [1.807, 2.05) is 0 Å². The molecule has 0 radical (unpaired) electrons. The second-order valence-corrected chi connectivity index (χ2v) is 13.7. The van der Waals surface area contributed by atoms with Gasteiger partial charge in [-0.25, -0.2) is 0 Å². The molecule has 234 valence electrons. The molecule has 4 heteroatoms. The lowest BCUT2D eigenvalue weighted by Crippen LogP contribution is -2.42. The smallest absolute Gasteiger partial charge is 0.214 e. The van der Waals surface area contributed by atoms with E-state index in [2.05, 4.69) is 57.7 Å². The molecule has 0 aliphatic heterocycles. The lowest BCUT2D eigenvalue weighted by molar-refractivity contribution is -0.680. The van der Waals surface area contributed by atoms with Gasteiger partial charge in [0.1, 0.15) is 13.1 Å². The van der Waals surface area contributed by atoms with Crippen LogP contribution in [0.25, 0.3) is 21.8 Å². The summed E-state index contributed by atoms with van der Waals surface area (Å²) >= 11 is 0. The number of pyridine rings is 2. The van der Waals surface area contributed by atoms with Gasteiger partial charge in [-0.05, 0) is 63.5 Å². The van der Waals surface area contributed by atoms with Crippen molar-refractivity contribution < 1.29 is 9.13 Å². The number of hydrogen-bond acceptors (Lipinski definition) is 2. The Hall–Kier alpha value is -3.14. The number of aromatic nitrogens is 2. The van der Waals surface area contributed by atoms with E-state index in [9.17, 15) is 0 Å². The largest absolute Gasteiger partial charge is 0.398 e. The molecule has 4 aromatic rings. The molecule has 0 atom stereocenters. The summed E-state index contributed by atoms with van der Waals surface area (Å²) in [7, 11) is 0. The second kappa shape index (κ2) is 15.2. The molecule has 2 aromatic heterocycles. The molecule has 4 N–H and O–H groups in total. The van der Waals surface area contributed by atoms with Crippen LogP contribution in [0.15, 0.2) is 48.5 Å². The van der Waals surface area contributed by atoms with Crippen LogP contribution in [0.1, 0.15) is 125 Å². The van der Waals surface area contributed by atoms with Gasteiger partial charge < -0.3 is 11.5 Å². The first-order valence-corrected chi connectivity index (χ1v) is 18.2. The Morgan fingerprint density at radius 2 is 0.773 bits per heavy atom. The zero-order valence-corrected chi connectivity index (χ0v) is 27.2. The van der Waals surface area contributed by atoms with Gasteiger partial charge in [0.15, 0.2) is 11.4 Å². The lowest BCUT2D eigenvalue weighted by Gasteiger charge is -2.18. The van der Waals surface area contributed by atoms with Crippen molar-refractivity contribution in [2.45, 2.75) is 142 Å². The number of unbranched alkanes of at least 4 members (excludes halogenated alkanes) is 11. The van der Waals surface area contributed by atoms with Crippen molar-refractivity contribution in [2.75, 3.05) is 11.5 Å². The molecule has 0 saturated carbocycles. The number of para-hydroxylation sites is 2. The van der Waals surface area contributed by atoms with Gasteiger partial charge in [0.2, 0.25) is 11.0 Å². The van der Waals surface area contributed by atoms with Crippen LogP contribution < -0.4 is 20.6 Å². The second-order valence-electron chi connectivity index (χ2n) is 13.7. The van der Waals surface area contributed by atoms with Gasteiger partial charge in [-0.2, -0.15) is 9.13 Å². The number of fused-ring (bicyclic) bond motifs is 4. The third-order valence-electron chi connectivity index (χ3n) is 10.7. The lowest BCUT2D eigenvalue weighted by atomic mass is 9.92. The van der Waals surface area contributed by atoms with Crippen molar-refractivity contribution in [3.05, 3.63) is 71.0 Å². The van der Waals surface area contributed by atoms with Crippen molar-refractivity contribution in [1.82, 2.24) is 0 Å². The van der Waals surface area contributed by atoms with E-state index in [0.717, 1.165) is 37.3 Å². The zero-order valence-electron chi connectivity index (χ0n) is 27.2. The highest BCUT2D eigenvalue weighted by Gasteiger charge is 2.27. The van der Waals surface area contributed by atoms with Gasteiger partial charge in [-0.15, -0.1) is 0 Å². The van der Waals surface area contributed by atoms with E-state index in [1.54, 1.807) is 0 Å². The van der Waals surface area contributed by atoms with Crippen LogP contribution in [0.3, 0.4) is 0 Å². The van der Waals surface area contributed by atoms with E-state index in [0.29, 0.717) is 0 Å². The minimum Gasteiger partial charge on any atom is -0.398 e. The average molecular weight is 593 g/mol. The first-order chi connectivity index (χ1) is 21.7. The summed E-state index contributed by atoms with van der Waals surface area (Å²) in [4.78, 5) is 0. The molecule has 4 nitrogen and oxygen atoms in total. The number of aryl methyl sites for hydroxylation is 2. The maximum absolute atomic E-state index is 6.63. The highest BCUT2D eigenvalue weighted by molar-refractivity contribution is 5.90. The van der Waals surface area contributed by atoms with Crippen LogP contribution in [-0.4, -0.2) is 0 Å². The van der Waals surface area contributed by atoms with Gasteiger partial charge in [-0.1, -0.05) is 75.6 Å². The predicted molar refractivity (Wildman–Crippen MR) is 186 cm³/mol. The third kappa shape index (κ3) is 6.90. The minimum atomic E-state index is 1.04. The molecule has 0 spiro atoms. The molecule has 2 aliphatic carbocycles. The number of rotatable bonds is 15. The Morgan fingerprint density at radius 1 is 0.432 bits per heavy atom. The maximum Gasteiger partial charge on any atom is 0.214 e. The van der Waals surface area contributed by atoms with Crippen LogP contribution in [-0.2, 0) is 38.8 Å². The summed E-state index contributed by atoms with van der Waals surface area (Å²) in [6.45, 7) is 2.28. The Labute approximate surface area is 265 Å². The van der Waals surface area contributed by atoms with E-state index >= 15 is 0 Å². The summed E-state index contributed by atoms with van der Waals surface area (Å²) in [6.07, 6.45) is 26.2. The molecule has 2 aliphatic rings. The number of nitrogens with two attached hydrogens (primary N) is 2. The van der Waals surface area contributed by atoms with Gasteiger partial charge in [-0.3, -0.25) is 0 Å². The Bertz CT molecular complexity index is 1440. The van der Waals surface area contributed by atoms with Crippen molar-refractivity contribution in [3.8, 4) is 0 Å². The molecule has 0 unspecified atom stereocenters. The molecular formula is C40H56N4+2. The van der Waals surface area contributed by atoms with Crippen molar-refractivity contribution in [1.29, 1.82) is 0 Å².